The van der Waals surface area contributed by atoms with Crippen molar-refractivity contribution < 1.29 is 9.59 Å². The zero-order valence-electron chi connectivity index (χ0n) is 17.4. The molecular weight excluding hydrogens is 366 g/mol. The second kappa shape index (κ2) is 9.60. The highest BCUT2D eigenvalue weighted by Crippen LogP contribution is 2.25. The number of hydrogen-bond acceptors (Lipinski definition) is 5. The quantitative estimate of drug-likeness (QED) is 0.809. The molecule has 2 heterocycles. The van der Waals surface area contributed by atoms with Crippen molar-refractivity contribution in [1.29, 1.82) is 0 Å². The first-order chi connectivity index (χ1) is 13.9. The van der Waals surface area contributed by atoms with E-state index in [1.54, 1.807) is 25.2 Å². The molecule has 1 N–H and O–H groups in total. The van der Waals surface area contributed by atoms with Crippen LogP contribution in [0.15, 0.2) is 36.5 Å². The molecule has 1 fully saturated rings. The van der Waals surface area contributed by atoms with E-state index in [4.69, 9.17) is 0 Å². The summed E-state index contributed by atoms with van der Waals surface area (Å²) in [5.41, 5.74) is 2.23. The van der Waals surface area contributed by atoms with E-state index in [0.29, 0.717) is 24.3 Å². The lowest BCUT2D eigenvalue weighted by atomic mass is 9.97. The molecule has 0 saturated carbocycles. The van der Waals surface area contributed by atoms with Crippen LogP contribution >= 0.6 is 0 Å². The molecule has 1 aromatic carbocycles. The lowest BCUT2D eigenvalue weighted by Crippen LogP contribution is -2.42. The number of carbonyl (C=O) groups is 2. The smallest absolute Gasteiger partial charge is 0.254 e. The van der Waals surface area contributed by atoms with E-state index in [-0.39, 0.29) is 17.7 Å². The summed E-state index contributed by atoms with van der Waals surface area (Å²) in [5, 5.41) is 2.92. The number of rotatable bonds is 6. The first kappa shape index (κ1) is 20.9. The fourth-order valence-corrected chi connectivity index (χ4v) is 3.52. The molecule has 1 aliphatic heterocycles. The SMILES string of the molecule is Cc1nc(C2CCCN(CC(=O)N(C)C)C2)ncc1C(=O)NCc1ccccc1. The van der Waals surface area contributed by atoms with Crippen LogP contribution < -0.4 is 5.32 Å². The lowest BCUT2D eigenvalue weighted by molar-refractivity contribution is -0.130. The maximum Gasteiger partial charge on any atom is 0.254 e. The second-order valence-electron chi connectivity index (χ2n) is 7.76. The number of benzene rings is 1. The molecule has 7 heteroatoms. The Bertz CT molecular complexity index is 854. The zero-order valence-corrected chi connectivity index (χ0v) is 17.4. The van der Waals surface area contributed by atoms with Gasteiger partial charge >= 0.3 is 0 Å². The van der Waals surface area contributed by atoms with Crippen molar-refractivity contribution in [3.8, 4) is 0 Å². The van der Waals surface area contributed by atoms with Crippen LogP contribution in [0.5, 0.6) is 0 Å². The molecule has 7 nitrogen and oxygen atoms in total. The standard InChI is InChI=1S/C22H29N5O2/c1-16-19(22(29)24-12-17-8-5-4-6-9-17)13-23-21(25-16)18-10-7-11-27(14-18)15-20(28)26(2)3/h4-6,8-9,13,18H,7,10-12,14-15H2,1-3H3,(H,24,29). The largest absolute Gasteiger partial charge is 0.348 e. The van der Waals surface area contributed by atoms with E-state index in [1.807, 2.05) is 37.3 Å². The van der Waals surface area contributed by atoms with Crippen molar-refractivity contribution in [2.45, 2.75) is 32.2 Å². The van der Waals surface area contributed by atoms with Gasteiger partial charge in [0.25, 0.3) is 5.91 Å². The molecule has 2 amide bonds. The number of likely N-dealkylation sites (tertiary alicyclic amines) is 1. The van der Waals surface area contributed by atoms with Gasteiger partial charge in [0, 0.05) is 39.3 Å². The van der Waals surface area contributed by atoms with Crippen molar-refractivity contribution in [2.24, 2.45) is 0 Å². The molecule has 3 rings (SSSR count). The number of likely N-dealkylation sites (N-methyl/N-ethyl adjacent to an activating group) is 1. The summed E-state index contributed by atoms with van der Waals surface area (Å²) in [5.74, 6) is 0.871. The molecule has 0 spiro atoms. The van der Waals surface area contributed by atoms with Gasteiger partial charge in [-0.15, -0.1) is 0 Å². The van der Waals surface area contributed by atoms with E-state index in [9.17, 15) is 9.59 Å². The van der Waals surface area contributed by atoms with Gasteiger partial charge in [0.05, 0.1) is 17.8 Å². The third-order valence-corrected chi connectivity index (χ3v) is 5.27. The number of amides is 2. The molecule has 1 atom stereocenters. The molecular formula is C22H29N5O2. The molecule has 0 bridgehead atoms. The summed E-state index contributed by atoms with van der Waals surface area (Å²) >= 11 is 0. The third kappa shape index (κ3) is 5.60. The number of aryl methyl sites for hydroxylation is 1. The summed E-state index contributed by atoms with van der Waals surface area (Å²) in [6, 6.07) is 9.80. The summed E-state index contributed by atoms with van der Waals surface area (Å²) < 4.78 is 0. The predicted molar refractivity (Wildman–Crippen MR) is 111 cm³/mol. The lowest BCUT2D eigenvalue weighted by Gasteiger charge is -2.32. The third-order valence-electron chi connectivity index (χ3n) is 5.27. The van der Waals surface area contributed by atoms with Gasteiger partial charge < -0.3 is 10.2 Å². The van der Waals surface area contributed by atoms with Crippen molar-refractivity contribution >= 4 is 11.8 Å². The highest BCUT2D eigenvalue weighted by molar-refractivity contribution is 5.94. The van der Waals surface area contributed by atoms with Crippen molar-refractivity contribution in [1.82, 2.24) is 25.1 Å². The molecule has 29 heavy (non-hydrogen) atoms. The molecule has 1 aliphatic rings. The van der Waals surface area contributed by atoms with Gasteiger partial charge in [0.15, 0.2) is 0 Å². The van der Waals surface area contributed by atoms with E-state index in [1.165, 1.54) is 0 Å². The summed E-state index contributed by atoms with van der Waals surface area (Å²) in [4.78, 5) is 37.4. The minimum atomic E-state index is -0.167. The van der Waals surface area contributed by atoms with Crippen LogP contribution in [0, 0.1) is 6.92 Å². The maximum atomic E-state index is 12.5. The van der Waals surface area contributed by atoms with E-state index >= 15 is 0 Å². The van der Waals surface area contributed by atoms with Crippen molar-refractivity contribution in [3.05, 3.63) is 59.2 Å². The first-order valence-corrected chi connectivity index (χ1v) is 10.0. The van der Waals surface area contributed by atoms with Crippen LogP contribution in [0.1, 0.15) is 46.2 Å². The number of nitrogens with one attached hydrogen (secondary N) is 1. The Morgan fingerprint density at radius 2 is 2.00 bits per heavy atom. The van der Waals surface area contributed by atoms with Crippen molar-refractivity contribution in [3.63, 3.8) is 0 Å². The molecule has 1 saturated heterocycles. The predicted octanol–water partition coefficient (Wildman–Crippen LogP) is 1.98. The average Bonchev–Trinajstić information content (AvgIpc) is 2.72. The van der Waals surface area contributed by atoms with Crippen LogP contribution in [0.3, 0.4) is 0 Å². The maximum absolute atomic E-state index is 12.5. The number of hydrogen-bond donors (Lipinski definition) is 1. The monoisotopic (exact) mass is 395 g/mol. The van der Waals surface area contributed by atoms with Crippen LogP contribution in [0.4, 0.5) is 0 Å². The first-order valence-electron chi connectivity index (χ1n) is 10.0. The number of aromatic nitrogens is 2. The Balaban J connectivity index is 1.62. The summed E-state index contributed by atoms with van der Waals surface area (Å²) in [6.07, 6.45) is 3.63. The van der Waals surface area contributed by atoms with Gasteiger partial charge in [0.2, 0.25) is 5.91 Å². The Hall–Kier alpha value is -2.80. The number of piperidine rings is 1. The van der Waals surface area contributed by atoms with E-state index in [0.717, 1.165) is 37.3 Å². The van der Waals surface area contributed by atoms with Gasteiger partial charge in [-0.3, -0.25) is 14.5 Å². The number of carbonyl (C=O) groups excluding carboxylic acids is 2. The van der Waals surface area contributed by atoms with Gasteiger partial charge in [-0.1, -0.05) is 30.3 Å². The molecule has 2 aromatic rings. The average molecular weight is 396 g/mol. The van der Waals surface area contributed by atoms with Gasteiger partial charge in [-0.05, 0) is 31.9 Å². The Labute approximate surface area is 172 Å². The van der Waals surface area contributed by atoms with Crippen LogP contribution in [-0.2, 0) is 11.3 Å². The molecule has 1 aromatic heterocycles. The van der Waals surface area contributed by atoms with Gasteiger partial charge in [0.1, 0.15) is 5.82 Å². The van der Waals surface area contributed by atoms with Crippen molar-refractivity contribution in [2.75, 3.05) is 33.7 Å². The Morgan fingerprint density at radius 1 is 1.24 bits per heavy atom. The van der Waals surface area contributed by atoms with Gasteiger partial charge in [-0.2, -0.15) is 0 Å². The molecule has 1 unspecified atom stereocenters. The minimum absolute atomic E-state index is 0.105. The highest BCUT2D eigenvalue weighted by atomic mass is 16.2. The summed E-state index contributed by atoms with van der Waals surface area (Å²) in [6.45, 7) is 4.41. The van der Waals surface area contributed by atoms with Crippen LogP contribution in [0.2, 0.25) is 0 Å². The topological polar surface area (TPSA) is 78.4 Å². The van der Waals surface area contributed by atoms with Crippen LogP contribution in [0.25, 0.3) is 0 Å². The van der Waals surface area contributed by atoms with E-state index < -0.39 is 0 Å². The van der Waals surface area contributed by atoms with Gasteiger partial charge in [-0.25, -0.2) is 9.97 Å². The molecule has 154 valence electrons. The minimum Gasteiger partial charge on any atom is -0.348 e. The molecule has 0 aliphatic carbocycles. The Morgan fingerprint density at radius 3 is 2.69 bits per heavy atom. The number of nitrogens with zero attached hydrogens (tertiary/aromatic N) is 4. The highest BCUT2D eigenvalue weighted by Gasteiger charge is 2.26. The molecule has 0 radical (unpaired) electrons. The second-order valence-corrected chi connectivity index (χ2v) is 7.76. The fourth-order valence-electron chi connectivity index (χ4n) is 3.52. The fraction of sp³-hybridized carbons (Fsp3) is 0.455. The Kier molecular flexibility index (Phi) is 6.93. The zero-order chi connectivity index (χ0) is 20.8. The normalized spacial score (nSPS) is 17.0. The summed E-state index contributed by atoms with van der Waals surface area (Å²) in [7, 11) is 3.55. The van der Waals surface area contributed by atoms with E-state index in [2.05, 4.69) is 20.2 Å². The van der Waals surface area contributed by atoms with Crippen LogP contribution in [-0.4, -0.2) is 65.3 Å².